The number of nitrogens with zero attached hydrogens (tertiary/aromatic N) is 1. The number of hydrogen-bond donors (Lipinski definition) is 0. The first kappa shape index (κ1) is 24.5. The zero-order valence-electron chi connectivity index (χ0n) is 19.8. The van der Waals surface area contributed by atoms with Gasteiger partial charge in [0.05, 0.1) is 6.10 Å². The zero-order valence-corrected chi connectivity index (χ0v) is 20.6. The third-order valence-corrected chi connectivity index (χ3v) is 7.15. The summed E-state index contributed by atoms with van der Waals surface area (Å²) in [5, 5.41) is 0. The molecule has 1 aromatic heterocycles. The van der Waals surface area contributed by atoms with E-state index in [1.807, 2.05) is 30.9 Å². The van der Waals surface area contributed by atoms with Gasteiger partial charge in [0.15, 0.2) is 0 Å². The van der Waals surface area contributed by atoms with Crippen molar-refractivity contribution in [2.24, 2.45) is 0 Å². The maximum absolute atomic E-state index is 12.6. The van der Waals surface area contributed by atoms with Crippen molar-refractivity contribution < 1.29 is 14.3 Å². The van der Waals surface area contributed by atoms with Gasteiger partial charge in [0.25, 0.3) is 0 Å². The van der Waals surface area contributed by atoms with Gasteiger partial charge >= 0.3 is 5.97 Å². The predicted molar refractivity (Wildman–Crippen MR) is 133 cm³/mol. The van der Waals surface area contributed by atoms with Gasteiger partial charge in [0, 0.05) is 23.0 Å². The molecule has 1 aliphatic rings. The number of carbonyl (C=O) groups is 2. The van der Waals surface area contributed by atoms with Gasteiger partial charge in [-0.15, -0.1) is 11.3 Å². The summed E-state index contributed by atoms with van der Waals surface area (Å²) >= 11 is 1.52. The van der Waals surface area contributed by atoms with Crippen molar-refractivity contribution in [3.63, 3.8) is 0 Å². The molecule has 1 saturated heterocycles. The van der Waals surface area contributed by atoms with Gasteiger partial charge in [-0.1, -0.05) is 38.3 Å². The van der Waals surface area contributed by atoms with E-state index in [1.165, 1.54) is 47.5 Å². The third kappa shape index (κ3) is 6.93. The number of anilines is 1. The molecule has 1 aliphatic heterocycles. The normalized spacial score (nSPS) is 16.2. The molecule has 2 heterocycles. The highest BCUT2D eigenvalue weighted by Crippen LogP contribution is 2.30. The maximum Gasteiger partial charge on any atom is 0.348 e. The van der Waals surface area contributed by atoms with Crippen molar-refractivity contribution in [1.82, 2.24) is 0 Å². The van der Waals surface area contributed by atoms with Crippen LogP contribution in [0.3, 0.4) is 0 Å². The van der Waals surface area contributed by atoms with E-state index in [9.17, 15) is 9.59 Å². The average molecular weight is 456 g/mol. The van der Waals surface area contributed by atoms with Crippen LogP contribution in [-0.4, -0.2) is 24.0 Å². The van der Waals surface area contributed by atoms with Gasteiger partial charge < -0.3 is 9.64 Å². The molecule has 0 N–H and O–H groups in total. The van der Waals surface area contributed by atoms with Crippen LogP contribution in [0.5, 0.6) is 0 Å². The van der Waals surface area contributed by atoms with Crippen LogP contribution >= 0.6 is 11.3 Å². The van der Waals surface area contributed by atoms with E-state index in [-0.39, 0.29) is 24.0 Å². The summed E-state index contributed by atoms with van der Waals surface area (Å²) in [5.41, 5.74) is 2.39. The number of rotatable bonds is 12. The molecule has 0 saturated carbocycles. The first-order valence-corrected chi connectivity index (χ1v) is 13.0. The van der Waals surface area contributed by atoms with Crippen molar-refractivity contribution in [3.05, 3.63) is 51.7 Å². The van der Waals surface area contributed by atoms with Gasteiger partial charge in [0.1, 0.15) is 4.88 Å². The fourth-order valence-corrected chi connectivity index (χ4v) is 5.29. The maximum atomic E-state index is 12.6. The van der Waals surface area contributed by atoms with Crippen LogP contribution in [0, 0.1) is 0 Å². The van der Waals surface area contributed by atoms with Crippen LogP contribution in [-0.2, 0) is 22.4 Å². The van der Waals surface area contributed by atoms with E-state index in [2.05, 4.69) is 31.2 Å². The highest BCUT2D eigenvalue weighted by molar-refractivity contribution is 7.13. The van der Waals surface area contributed by atoms with Gasteiger partial charge in [-0.3, -0.25) is 4.79 Å². The number of unbranched alkanes of at least 4 members (excludes halogenated alkanes) is 3. The molecule has 32 heavy (non-hydrogen) atoms. The summed E-state index contributed by atoms with van der Waals surface area (Å²) < 4.78 is 5.28. The van der Waals surface area contributed by atoms with Crippen LogP contribution in [0.1, 0.15) is 92.3 Å². The number of hydrogen-bond acceptors (Lipinski definition) is 4. The highest BCUT2D eigenvalue weighted by atomic mass is 32.1. The number of carbonyl (C=O) groups excluding carboxylic acids is 2. The monoisotopic (exact) mass is 455 g/mol. The molecule has 1 amide bonds. The minimum absolute atomic E-state index is 0.103. The first-order valence-electron chi connectivity index (χ1n) is 12.2. The number of ether oxygens (including phenoxy) is 1. The third-order valence-electron chi connectivity index (χ3n) is 6.02. The molecule has 0 spiro atoms. The Hall–Kier alpha value is -2.14. The molecule has 1 aromatic carbocycles. The summed E-state index contributed by atoms with van der Waals surface area (Å²) in [4.78, 5) is 28.5. The van der Waals surface area contributed by atoms with Crippen LogP contribution in [0.4, 0.5) is 5.69 Å². The van der Waals surface area contributed by atoms with E-state index in [0.29, 0.717) is 11.3 Å². The second kappa shape index (κ2) is 12.2. The molecule has 2 aromatic rings. The molecule has 1 fully saturated rings. The van der Waals surface area contributed by atoms with E-state index in [1.54, 1.807) is 0 Å². The Morgan fingerprint density at radius 2 is 1.84 bits per heavy atom. The van der Waals surface area contributed by atoms with E-state index < -0.39 is 0 Å². The zero-order chi connectivity index (χ0) is 22.9. The van der Waals surface area contributed by atoms with Crippen molar-refractivity contribution >= 4 is 28.9 Å². The predicted octanol–water partition coefficient (Wildman–Crippen LogP) is 6.95. The number of thiophene rings is 1. The largest absolute Gasteiger partial charge is 0.459 e. The molecule has 1 unspecified atom stereocenters. The average Bonchev–Trinajstić information content (AvgIpc) is 3.38. The van der Waals surface area contributed by atoms with Gasteiger partial charge in [-0.25, -0.2) is 4.79 Å². The second-order valence-electron chi connectivity index (χ2n) is 9.05. The van der Waals surface area contributed by atoms with Gasteiger partial charge in [-0.2, -0.15) is 0 Å². The Bertz CT molecular complexity index is 871. The summed E-state index contributed by atoms with van der Waals surface area (Å²) in [7, 11) is 0. The van der Waals surface area contributed by atoms with Crippen molar-refractivity contribution in [3.8, 4) is 0 Å². The van der Waals surface area contributed by atoms with E-state index in [0.717, 1.165) is 37.8 Å². The lowest BCUT2D eigenvalue weighted by Gasteiger charge is -2.25. The first-order chi connectivity index (χ1) is 15.5. The van der Waals surface area contributed by atoms with Crippen LogP contribution in [0.2, 0.25) is 0 Å². The minimum atomic E-state index is -0.238. The van der Waals surface area contributed by atoms with Crippen LogP contribution in [0.25, 0.3) is 0 Å². The molecule has 5 heteroatoms. The van der Waals surface area contributed by atoms with Gasteiger partial charge in [0.2, 0.25) is 5.91 Å². The molecule has 4 nitrogen and oxygen atoms in total. The van der Waals surface area contributed by atoms with Gasteiger partial charge in [-0.05, 0) is 82.2 Å². The Morgan fingerprint density at radius 1 is 1.06 bits per heavy atom. The van der Waals surface area contributed by atoms with Crippen molar-refractivity contribution in [2.45, 2.75) is 97.1 Å². The number of benzene rings is 1. The van der Waals surface area contributed by atoms with Crippen LogP contribution < -0.4 is 4.90 Å². The van der Waals surface area contributed by atoms with E-state index in [4.69, 9.17) is 4.74 Å². The molecular weight excluding hydrogens is 418 g/mol. The quantitative estimate of drug-likeness (QED) is 0.257. The molecule has 0 aliphatic carbocycles. The fourth-order valence-electron chi connectivity index (χ4n) is 4.36. The van der Waals surface area contributed by atoms with Crippen molar-refractivity contribution in [2.75, 3.05) is 4.90 Å². The topological polar surface area (TPSA) is 46.6 Å². The molecule has 0 radical (unpaired) electrons. The summed E-state index contributed by atoms with van der Waals surface area (Å²) in [5.74, 6) is -0.00170. The molecule has 1 atom stereocenters. The number of aryl methyl sites for hydroxylation is 2. The Labute approximate surface area is 197 Å². The Balaban J connectivity index is 1.51. The standard InChI is InChI=1S/C27H37NO3S/c1-4-5-6-7-9-21-12-14-23(15-13-21)28-22(16-19-26(28)29)10-8-11-24-17-18-25(32-24)27(30)31-20(2)3/h12-15,17-18,20,22H,4-11,16,19H2,1-3H3. The second-order valence-corrected chi connectivity index (χ2v) is 10.2. The smallest absolute Gasteiger partial charge is 0.348 e. The number of esters is 1. The lowest BCUT2D eigenvalue weighted by Crippen LogP contribution is -2.32. The summed E-state index contributed by atoms with van der Waals surface area (Å²) in [6, 6.07) is 12.8. The molecule has 3 rings (SSSR count). The summed E-state index contributed by atoms with van der Waals surface area (Å²) in [6.45, 7) is 5.96. The molecular formula is C27H37NO3S. The van der Waals surface area contributed by atoms with Crippen LogP contribution in [0.15, 0.2) is 36.4 Å². The Morgan fingerprint density at radius 3 is 2.56 bits per heavy atom. The fraction of sp³-hybridized carbons (Fsp3) is 0.556. The van der Waals surface area contributed by atoms with Crippen molar-refractivity contribution in [1.29, 1.82) is 0 Å². The molecule has 0 bridgehead atoms. The number of amides is 1. The van der Waals surface area contributed by atoms with E-state index >= 15 is 0 Å². The lowest BCUT2D eigenvalue weighted by molar-refractivity contribution is -0.117. The summed E-state index contributed by atoms with van der Waals surface area (Å²) in [6.07, 6.45) is 10.6. The molecule has 174 valence electrons. The Kier molecular flexibility index (Phi) is 9.34. The SMILES string of the molecule is CCCCCCc1ccc(N2C(=O)CCC2CCCc2ccc(C(=O)OC(C)C)s2)cc1. The minimum Gasteiger partial charge on any atom is -0.459 e. The lowest BCUT2D eigenvalue weighted by atomic mass is 10.0. The highest BCUT2D eigenvalue weighted by Gasteiger charge is 2.31.